The van der Waals surface area contributed by atoms with Gasteiger partial charge in [-0.1, -0.05) is 66.4 Å². The van der Waals surface area contributed by atoms with E-state index in [0.29, 0.717) is 11.7 Å². The molecule has 2 aromatic carbocycles. The highest BCUT2D eigenvalue weighted by atomic mass is 32.2. The predicted molar refractivity (Wildman–Crippen MR) is 117 cm³/mol. The van der Waals surface area contributed by atoms with Gasteiger partial charge in [0, 0.05) is 11.9 Å². The molecule has 4 rings (SSSR count). The van der Waals surface area contributed by atoms with Crippen molar-refractivity contribution in [1.29, 1.82) is 0 Å². The van der Waals surface area contributed by atoms with Gasteiger partial charge >= 0.3 is 0 Å². The maximum Gasteiger partial charge on any atom is 0.230 e. The van der Waals surface area contributed by atoms with E-state index in [9.17, 15) is 4.79 Å². The second-order valence-corrected chi connectivity index (χ2v) is 7.61. The summed E-state index contributed by atoms with van der Waals surface area (Å²) < 4.78 is 2.06. The third-order valence-electron chi connectivity index (χ3n) is 4.68. The Kier molecular flexibility index (Phi) is 5.57. The summed E-state index contributed by atoms with van der Waals surface area (Å²) in [7, 11) is 0. The molecule has 0 unspecified atom stereocenters. The summed E-state index contributed by atoms with van der Waals surface area (Å²) in [5.41, 5.74) is 3.62. The number of carbonyl (C=O) groups excluding carboxylic acids is 1. The normalized spacial score (nSPS) is 12.2. The maximum absolute atomic E-state index is 12.3. The Labute approximate surface area is 173 Å². The number of para-hydroxylation sites is 1. The minimum absolute atomic E-state index is 0.0547. The number of allylic oxidation sites excluding steroid dienone is 1. The lowest BCUT2D eigenvalue weighted by atomic mass is 10.1. The zero-order chi connectivity index (χ0) is 20.2. The number of hydrogen-bond donors (Lipinski definition) is 1. The first-order valence-electron chi connectivity index (χ1n) is 9.37. The zero-order valence-electron chi connectivity index (χ0n) is 16.1. The average molecular weight is 404 g/mol. The topological polar surface area (TPSA) is 72.7 Å². The van der Waals surface area contributed by atoms with Gasteiger partial charge in [0.15, 0.2) is 5.65 Å². The molecule has 1 amide bonds. The number of aromatic nitrogens is 4. The number of rotatable bonds is 7. The summed E-state index contributed by atoms with van der Waals surface area (Å²) >= 11 is 1.28. The van der Waals surface area contributed by atoms with Crippen molar-refractivity contribution < 1.29 is 4.79 Å². The number of fused-ring (bicyclic) bond motifs is 3. The van der Waals surface area contributed by atoms with Crippen LogP contribution >= 0.6 is 11.8 Å². The van der Waals surface area contributed by atoms with E-state index in [1.165, 1.54) is 11.8 Å². The molecule has 29 heavy (non-hydrogen) atoms. The molecule has 0 aliphatic rings. The van der Waals surface area contributed by atoms with Crippen LogP contribution in [0.15, 0.2) is 72.4 Å². The van der Waals surface area contributed by atoms with E-state index in [1.807, 2.05) is 67.6 Å². The lowest BCUT2D eigenvalue weighted by Crippen LogP contribution is -2.28. The number of thioether (sulfide) groups is 1. The lowest BCUT2D eigenvalue weighted by Gasteiger charge is -2.13. The molecule has 0 saturated carbocycles. The first-order valence-corrected chi connectivity index (χ1v) is 10.4. The summed E-state index contributed by atoms with van der Waals surface area (Å²) in [6.45, 7) is 6.44. The van der Waals surface area contributed by atoms with Crippen LogP contribution in [0.4, 0.5) is 0 Å². The largest absolute Gasteiger partial charge is 0.349 e. The van der Waals surface area contributed by atoms with Crippen molar-refractivity contribution in [3.63, 3.8) is 0 Å². The van der Waals surface area contributed by atoms with Crippen molar-refractivity contribution in [1.82, 2.24) is 25.1 Å². The Hall–Kier alpha value is -3.19. The molecule has 0 radical (unpaired) electrons. The molecule has 2 aromatic heterocycles. The fourth-order valence-electron chi connectivity index (χ4n) is 3.30. The van der Waals surface area contributed by atoms with Crippen molar-refractivity contribution in [3.8, 4) is 0 Å². The third-order valence-corrected chi connectivity index (χ3v) is 5.51. The van der Waals surface area contributed by atoms with Crippen molar-refractivity contribution in [2.75, 3.05) is 5.75 Å². The molecule has 0 aliphatic carbocycles. The van der Waals surface area contributed by atoms with E-state index >= 15 is 0 Å². The second-order valence-electron chi connectivity index (χ2n) is 6.67. The van der Waals surface area contributed by atoms with Crippen LogP contribution in [0.25, 0.3) is 22.1 Å². The van der Waals surface area contributed by atoms with Crippen LogP contribution in [0.5, 0.6) is 0 Å². The standard InChI is InChI=1S/C22H21N5OS/c1-3-13-27-18-12-8-7-11-17(18)20-21(27)24-22(26-25-20)29-14-19(28)23-15(2)16-9-5-4-6-10-16/h3-12,15H,1,13-14H2,2H3,(H,23,28)/t15-/m0/s1. The minimum atomic E-state index is -0.0679. The van der Waals surface area contributed by atoms with Crippen molar-refractivity contribution in [3.05, 3.63) is 72.8 Å². The fourth-order valence-corrected chi connectivity index (χ4v) is 3.90. The number of nitrogens with one attached hydrogen (secondary N) is 1. The molecule has 1 N–H and O–H groups in total. The van der Waals surface area contributed by atoms with E-state index < -0.39 is 0 Å². The van der Waals surface area contributed by atoms with E-state index in [1.54, 1.807) is 0 Å². The number of amides is 1. The highest BCUT2D eigenvalue weighted by Gasteiger charge is 2.15. The van der Waals surface area contributed by atoms with Crippen LogP contribution in [0.3, 0.4) is 0 Å². The monoisotopic (exact) mass is 403 g/mol. The first kappa shape index (κ1) is 19.1. The van der Waals surface area contributed by atoms with Gasteiger partial charge in [-0.3, -0.25) is 4.79 Å². The molecule has 146 valence electrons. The van der Waals surface area contributed by atoms with Gasteiger partial charge in [0.05, 0.1) is 17.3 Å². The first-order chi connectivity index (χ1) is 14.2. The molecule has 0 spiro atoms. The smallest absolute Gasteiger partial charge is 0.230 e. The van der Waals surface area contributed by atoms with E-state index in [0.717, 1.165) is 27.6 Å². The van der Waals surface area contributed by atoms with Crippen molar-refractivity contribution in [2.24, 2.45) is 0 Å². The lowest BCUT2D eigenvalue weighted by molar-refractivity contribution is -0.119. The maximum atomic E-state index is 12.3. The van der Waals surface area contributed by atoms with E-state index in [2.05, 4.69) is 31.6 Å². The Morgan fingerprint density at radius 1 is 1.17 bits per heavy atom. The van der Waals surface area contributed by atoms with E-state index in [4.69, 9.17) is 0 Å². The molecule has 4 aromatic rings. The Morgan fingerprint density at radius 2 is 1.93 bits per heavy atom. The summed E-state index contributed by atoms with van der Waals surface area (Å²) in [4.78, 5) is 17.0. The highest BCUT2D eigenvalue weighted by Crippen LogP contribution is 2.27. The second kappa shape index (κ2) is 8.45. The minimum Gasteiger partial charge on any atom is -0.349 e. The highest BCUT2D eigenvalue weighted by molar-refractivity contribution is 7.99. The fraction of sp³-hybridized carbons (Fsp3) is 0.182. The molecule has 7 heteroatoms. The van der Waals surface area contributed by atoms with E-state index in [-0.39, 0.29) is 17.7 Å². The molecule has 6 nitrogen and oxygen atoms in total. The molecule has 0 aliphatic heterocycles. The number of benzene rings is 2. The summed E-state index contributed by atoms with van der Waals surface area (Å²) in [5.74, 6) is 0.160. The SMILES string of the molecule is C=CCn1c2ccccc2c2nnc(SCC(=O)N[C@@H](C)c3ccccc3)nc21. The van der Waals surface area contributed by atoms with Crippen LogP contribution < -0.4 is 5.32 Å². The van der Waals surface area contributed by atoms with Crippen LogP contribution in [0.2, 0.25) is 0 Å². The van der Waals surface area contributed by atoms with Gasteiger partial charge < -0.3 is 9.88 Å². The number of carbonyl (C=O) groups is 1. The summed E-state index contributed by atoms with van der Waals surface area (Å²) in [6, 6.07) is 17.8. The van der Waals surface area contributed by atoms with Gasteiger partial charge in [0.1, 0.15) is 5.52 Å². The molecular formula is C22H21N5OS. The quantitative estimate of drug-likeness (QED) is 0.371. The van der Waals surface area contributed by atoms with Gasteiger partial charge in [-0.25, -0.2) is 4.98 Å². The predicted octanol–water partition coefficient (Wildman–Crippen LogP) is 4.14. The molecular weight excluding hydrogens is 382 g/mol. The molecule has 0 saturated heterocycles. The third kappa shape index (κ3) is 4.00. The molecule has 0 fully saturated rings. The van der Waals surface area contributed by atoms with Gasteiger partial charge in [-0.2, -0.15) is 0 Å². The molecule has 2 heterocycles. The zero-order valence-corrected chi connectivity index (χ0v) is 16.9. The summed E-state index contributed by atoms with van der Waals surface area (Å²) in [6.07, 6.45) is 1.83. The van der Waals surface area contributed by atoms with Crippen LogP contribution in [-0.2, 0) is 11.3 Å². The van der Waals surface area contributed by atoms with Crippen LogP contribution in [0, 0.1) is 0 Å². The summed E-state index contributed by atoms with van der Waals surface area (Å²) in [5, 5.41) is 13.1. The Balaban J connectivity index is 1.51. The van der Waals surface area contributed by atoms with Crippen molar-refractivity contribution in [2.45, 2.75) is 24.7 Å². The number of hydrogen-bond acceptors (Lipinski definition) is 5. The van der Waals surface area contributed by atoms with Crippen molar-refractivity contribution >= 4 is 39.7 Å². The number of nitrogens with zero attached hydrogens (tertiary/aromatic N) is 4. The van der Waals surface area contributed by atoms with Gasteiger partial charge in [0.25, 0.3) is 0 Å². The van der Waals surface area contributed by atoms with Crippen LogP contribution in [0.1, 0.15) is 18.5 Å². The Morgan fingerprint density at radius 3 is 2.72 bits per heavy atom. The molecule has 0 bridgehead atoms. The van der Waals surface area contributed by atoms with Gasteiger partial charge in [-0.15, -0.1) is 16.8 Å². The van der Waals surface area contributed by atoms with Gasteiger partial charge in [0.2, 0.25) is 11.1 Å². The van der Waals surface area contributed by atoms with Crippen LogP contribution in [-0.4, -0.2) is 31.4 Å². The Bertz CT molecular complexity index is 1170. The average Bonchev–Trinajstić information content (AvgIpc) is 3.06. The van der Waals surface area contributed by atoms with Gasteiger partial charge in [-0.05, 0) is 18.6 Å². The molecule has 1 atom stereocenters.